The Kier molecular flexibility index (Phi) is 8.94. The molecule has 2 aromatic carbocycles. The molecule has 40 heavy (non-hydrogen) atoms. The summed E-state index contributed by atoms with van der Waals surface area (Å²) >= 11 is 0. The van der Waals surface area contributed by atoms with Crippen LogP contribution in [0.4, 0.5) is 5.69 Å². The molecule has 0 atom stereocenters. The first kappa shape index (κ1) is 28.4. The van der Waals surface area contributed by atoms with E-state index in [2.05, 4.69) is 79.4 Å². The zero-order valence-corrected chi connectivity index (χ0v) is 24.6. The summed E-state index contributed by atoms with van der Waals surface area (Å²) in [5.74, 6) is 2.18. The Balaban J connectivity index is 1.33. The molecule has 5 rings (SSSR count). The minimum atomic E-state index is -0.268. The fraction of sp³-hybridized carbons (Fsp3) is 0.529. The van der Waals surface area contributed by atoms with Gasteiger partial charge >= 0.3 is 0 Å². The van der Waals surface area contributed by atoms with Crippen molar-refractivity contribution in [1.82, 2.24) is 9.78 Å². The van der Waals surface area contributed by atoms with Crippen molar-refractivity contribution in [3.63, 3.8) is 0 Å². The van der Waals surface area contributed by atoms with Crippen molar-refractivity contribution < 1.29 is 14.6 Å². The SMILES string of the molecule is COc1ccc([C@H]2CC[C@H](CN(c3cccc(-c4cnn(C(C)C)c4)c3)C(=O)[C@H]3CC[C@H](O)CC3)CC2)cc1C. The number of carbonyl (C=O) groups excluding carboxylic acids is 1. The van der Waals surface area contributed by atoms with Crippen LogP contribution in [0, 0.1) is 18.8 Å². The molecule has 2 aliphatic rings. The number of aryl methyl sites for hydroxylation is 1. The molecule has 1 heterocycles. The maximum atomic E-state index is 14.0. The fourth-order valence-electron chi connectivity index (χ4n) is 6.58. The van der Waals surface area contributed by atoms with Gasteiger partial charge in [0.15, 0.2) is 0 Å². The molecule has 2 saturated carbocycles. The highest BCUT2D eigenvalue weighted by Crippen LogP contribution is 2.39. The summed E-state index contributed by atoms with van der Waals surface area (Å²) < 4.78 is 7.43. The summed E-state index contributed by atoms with van der Waals surface area (Å²) in [6.07, 6.45) is 11.2. The van der Waals surface area contributed by atoms with Crippen LogP contribution in [-0.2, 0) is 4.79 Å². The van der Waals surface area contributed by atoms with E-state index in [4.69, 9.17) is 4.74 Å². The Labute approximate surface area is 239 Å². The molecule has 0 aliphatic heterocycles. The van der Waals surface area contributed by atoms with Gasteiger partial charge in [0.2, 0.25) is 5.91 Å². The predicted octanol–water partition coefficient (Wildman–Crippen LogP) is 7.31. The lowest BCUT2D eigenvalue weighted by Crippen LogP contribution is -2.41. The topological polar surface area (TPSA) is 67.6 Å². The third-order valence-electron chi connectivity index (χ3n) is 9.11. The molecule has 214 valence electrons. The number of hydrogen-bond donors (Lipinski definition) is 1. The molecule has 1 N–H and O–H groups in total. The largest absolute Gasteiger partial charge is 0.496 e. The molecule has 2 aliphatic carbocycles. The Bertz CT molecular complexity index is 1280. The fourth-order valence-corrected chi connectivity index (χ4v) is 6.58. The highest BCUT2D eigenvalue weighted by molar-refractivity contribution is 5.95. The minimum absolute atomic E-state index is 0.0191. The smallest absolute Gasteiger partial charge is 0.230 e. The molecule has 6 heteroatoms. The average Bonchev–Trinajstić information content (AvgIpc) is 3.47. The lowest BCUT2D eigenvalue weighted by atomic mass is 9.78. The van der Waals surface area contributed by atoms with E-state index in [-0.39, 0.29) is 17.9 Å². The lowest BCUT2D eigenvalue weighted by Gasteiger charge is -2.36. The van der Waals surface area contributed by atoms with Crippen LogP contribution < -0.4 is 9.64 Å². The van der Waals surface area contributed by atoms with Crippen molar-refractivity contribution in [3.8, 4) is 16.9 Å². The first-order valence-electron chi connectivity index (χ1n) is 15.1. The van der Waals surface area contributed by atoms with Gasteiger partial charge in [-0.05, 0) is 119 Å². The van der Waals surface area contributed by atoms with Gasteiger partial charge in [-0.25, -0.2) is 0 Å². The molecule has 0 bridgehead atoms. The molecule has 2 fully saturated rings. The normalized spacial score (nSPS) is 23.2. The summed E-state index contributed by atoms with van der Waals surface area (Å²) in [6, 6.07) is 15.3. The Morgan fingerprint density at radius 2 is 1.77 bits per heavy atom. The maximum absolute atomic E-state index is 14.0. The third kappa shape index (κ3) is 6.43. The van der Waals surface area contributed by atoms with Crippen LogP contribution in [0.2, 0.25) is 0 Å². The summed E-state index contributed by atoms with van der Waals surface area (Å²) in [5.41, 5.74) is 5.72. The number of rotatable bonds is 8. The molecule has 0 spiro atoms. The summed E-state index contributed by atoms with van der Waals surface area (Å²) in [7, 11) is 1.73. The standard InChI is InChI=1S/C34H45N3O3/c1-23(2)37-22-30(20-35-37)28-6-5-7-31(19-28)36(34(39)27-12-15-32(38)16-13-27)21-25-8-10-26(11-9-25)29-14-17-33(40-4)24(3)18-29/h5-7,14,17-20,22-23,25-27,32,38H,8-13,15-16,21H2,1-4H3/t25-,26-,27-,32-. The maximum Gasteiger partial charge on any atom is 0.230 e. The molecular formula is C34H45N3O3. The number of anilines is 1. The van der Waals surface area contributed by atoms with Gasteiger partial charge in [0, 0.05) is 36.0 Å². The van der Waals surface area contributed by atoms with E-state index in [0.29, 0.717) is 30.7 Å². The number of nitrogens with zero attached hydrogens (tertiary/aromatic N) is 3. The lowest BCUT2D eigenvalue weighted by molar-refractivity contribution is -0.124. The molecule has 0 saturated heterocycles. The predicted molar refractivity (Wildman–Crippen MR) is 161 cm³/mol. The van der Waals surface area contributed by atoms with Crippen molar-refractivity contribution in [2.75, 3.05) is 18.6 Å². The van der Waals surface area contributed by atoms with Crippen molar-refractivity contribution >= 4 is 11.6 Å². The zero-order chi connectivity index (χ0) is 28.2. The molecule has 6 nitrogen and oxygen atoms in total. The number of amides is 1. The number of aliphatic hydroxyl groups excluding tert-OH is 1. The number of methoxy groups -OCH3 is 1. The molecule has 1 aromatic heterocycles. The summed E-state index contributed by atoms with van der Waals surface area (Å²) in [5, 5.41) is 14.6. The van der Waals surface area contributed by atoms with Gasteiger partial charge in [0.05, 0.1) is 19.4 Å². The molecule has 0 radical (unpaired) electrons. The van der Waals surface area contributed by atoms with Gasteiger partial charge in [-0.15, -0.1) is 0 Å². The van der Waals surface area contributed by atoms with E-state index >= 15 is 0 Å². The quantitative estimate of drug-likeness (QED) is 0.324. The van der Waals surface area contributed by atoms with Gasteiger partial charge in [0.25, 0.3) is 0 Å². The van der Waals surface area contributed by atoms with Crippen LogP contribution >= 0.6 is 0 Å². The Hall–Kier alpha value is -3.12. The van der Waals surface area contributed by atoms with E-state index in [1.54, 1.807) is 7.11 Å². The number of aliphatic hydroxyl groups is 1. The van der Waals surface area contributed by atoms with Gasteiger partial charge in [-0.2, -0.15) is 5.10 Å². The average molecular weight is 544 g/mol. The number of hydrogen-bond acceptors (Lipinski definition) is 4. The monoisotopic (exact) mass is 543 g/mol. The van der Waals surface area contributed by atoms with Crippen LogP contribution in [-0.4, -0.2) is 40.6 Å². The van der Waals surface area contributed by atoms with Gasteiger partial charge in [0.1, 0.15) is 5.75 Å². The van der Waals surface area contributed by atoms with Gasteiger partial charge in [-0.1, -0.05) is 24.3 Å². The second-order valence-corrected chi connectivity index (χ2v) is 12.3. The second kappa shape index (κ2) is 12.6. The van der Waals surface area contributed by atoms with E-state index in [1.807, 2.05) is 10.9 Å². The van der Waals surface area contributed by atoms with E-state index in [1.165, 1.54) is 11.1 Å². The van der Waals surface area contributed by atoms with Gasteiger partial charge in [-0.3, -0.25) is 9.48 Å². The van der Waals surface area contributed by atoms with Crippen LogP contribution in [0.15, 0.2) is 54.9 Å². The van der Waals surface area contributed by atoms with E-state index in [0.717, 1.165) is 67.6 Å². The Morgan fingerprint density at radius 1 is 1.02 bits per heavy atom. The highest BCUT2D eigenvalue weighted by Gasteiger charge is 2.32. The first-order valence-corrected chi connectivity index (χ1v) is 15.1. The van der Waals surface area contributed by atoms with Crippen molar-refractivity contribution in [3.05, 3.63) is 66.0 Å². The zero-order valence-electron chi connectivity index (χ0n) is 24.6. The van der Waals surface area contributed by atoms with Crippen LogP contribution in [0.3, 0.4) is 0 Å². The van der Waals surface area contributed by atoms with Gasteiger partial charge < -0.3 is 14.7 Å². The Morgan fingerprint density at radius 3 is 2.42 bits per heavy atom. The molecular weight excluding hydrogens is 498 g/mol. The number of benzene rings is 2. The minimum Gasteiger partial charge on any atom is -0.496 e. The van der Waals surface area contributed by atoms with Crippen LogP contribution in [0.5, 0.6) is 5.75 Å². The number of aromatic nitrogens is 2. The summed E-state index contributed by atoms with van der Waals surface area (Å²) in [6.45, 7) is 7.11. The highest BCUT2D eigenvalue weighted by atomic mass is 16.5. The van der Waals surface area contributed by atoms with Crippen LogP contribution in [0.25, 0.3) is 11.1 Å². The molecule has 0 unspecified atom stereocenters. The molecule has 1 amide bonds. The molecule has 3 aromatic rings. The number of carbonyl (C=O) groups is 1. The first-order chi connectivity index (χ1) is 19.3. The van der Waals surface area contributed by atoms with Crippen molar-refractivity contribution in [2.24, 2.45) is 11.8 Å². The van der Waals surface area contributed by atoms with E-state index < -0.39 is 0 Å². The number of ether oxygens (including phenoxy) is 1. The van der Waals surface area contributed by atoms with Crippen molar-refractivity contribution in [2.45, 2.75) is 90.2 Å². The third-order valence-corrected chi connectivity index (χ3v) is 9.11. The van der Waals surface area contributed by atoms with Crippen molar-refractivity contribution in [1.29, 1.82) is 0 Å². The van der Waals surface area contributed by atoms with E-state index in [9.17, 15) is 9.90 Å². The second-order valence-electron chi connectivity index (χ2n) is 12.3. The van der Waals surface area contributed by atoms with Crippen LogP contribution in [0.1, 0.15) is 88.3 Å². The summed E-state index contributed by atoms with van der Waals surface area (Å²) in [4.78, 5) is 16.1.